The number of primary amides is 1. The van der Waals surface area contributed by atoms with E-state index < -0.39 is 22.8 Å². The van der Waals surface area contributed by atoms with E-state index in [9.17, 15) is 18.0 Å². The number of alkyl halides is 3. The molecule has 1 amide bonds. The van der Waals surface area contributed by atoms with Gasteiger partial charge in [0.2, 0.25) is 0 Å². The molecule has 1 heterocycles. The molecule has 1 aromatic rings. The fraction of sp³-hybridized carbons (Fsp3) is 0.143. The lowest BCUT2D eigenvalue weighted by Crippen LogP contribution is -2.15. The summed E-state index contributed by atoms with van der Waals surface area (Å²) in [6, 6.07) is 1.53. The van der Waals surface area contributed by atoms with Crippen LogP contribution in [0.4, 0.5) is 13.2 Å². The van der Waals surface area contributed by atoms with E-state index in [4.69, 9.17) is 17.3 Å². The maximum atomic E-state index is 12.1. The van der Waals surface area contributed by atoms with E-state index in [2.05, 4.69) is 4.98 Å². The van der Waals surface area contributed by atoms with Crippen LogP contribution in [0.25, 0.3) is 0 Å². The number of carbonyl (C=O) groups excluding carboxylic acids is 1. The smallest absolute Gasteiger partial charge is 0.364 e. The highest BCUT2D eigenvalue weighted by Crippen LogP contribution is 2.33. The van der Waals surface area contributed by atoms with Gasteiger partial charge in [0, 0.05) is 0 Å². The van der Waals surface area contributed by atoms with Crippen LogP contribution in [0, 0.1) is 0 Å². The van der Waals surface area contributed by atoms with Gasteiger partial charge in [-0.2, -0.15) is 13.2 Å². The molecule has 3 nitrogen and oxygen atoms in total. The third-order valence-electron chi connectivity index (χ3n) is 1.41. The highest BCUT2D eigenvalue weighted by atomic mass is 35.5. The summed E-state index contributed by atoms with van der Waals surface area (Å²) in [6.45, 7) is 0. The minimum Gasteiger partial charge on any atom is -0.364 e. The van der Waals surface area contributed by atoms with Crippen LogP contribution in [0.1, 0.15) is 16.1 Å². The van der Waals surface area contributed by atoms with Gasteiger partial charge in [0.05, 0.1) is 5.56 Å². The standard InChI is InChI=1S/C7H4ClF3N2O/c8-5-3(7(9,10)11)1-2-4(13-5)6(12)14/h1-2H,(H2,12,14). The first-order chi connectivity index (χ1) is 6.32. The highest BCUT2D eigenvalue weighted by molar-refractivity contribution is 6.30. The lowest BCUT2D eigenvalue weighted by molar-refractivity contribution is -0.137. The van der Waals surface area contributed by atoms with Crippen molar-refractivity contribution >= 4 is 17.5 Å². The Hall–Kier alpha value is -1.30. The van der Waals surface area contributed by atoms with Crippen molar-refractivity contribution in [2.45, 2.75) is 6.18 Å². The minimum absolute atomic E-state index is 0.303. The average molecular weight is 225 g/mol. The molecule has 0 aliphatic rings. The average Bonchev–Trinajstić information content (AvgIpc) is 2.01. The Bertz CT molecular complexity index is 378. The van der Waals surface area contributed by atoms with Crippen molar-refractivity contribution in [2.24, 2.45) is 5.73 Å². The highest BCUT2D eigenvalue weighted by Gasteiger charge is 2.34. The number of hydrogen-bond acceptors (Lipinski definition) is 2. The Balaban J connectivity index is 3.21. The second kappa shape index (κ2) is 3.45. The van der Waals surface area contributed by atoms with Gasteiger partial charge in [0.25, 0.3) is 5.91 Å². The monoisotopic (exact) mass is 224 g/mol. The van der Waals surface area contributed by atoms with Crippen molar-refractivity contribution in [3.63, 3.8) is 0 Å². The van der Waals surface area contributed by atoms with Gasteiger partial charge >= 0.3 is 6.18 Å². The summed E-state index contributed by atoms with van der Waals surface area (Å²) in [5, 5.41) is -0.784. The van der Waals surface area contributed by atoms with Crippen LogP contribution in [0.2, 0.25) is 5.15 Å². The van der Waals surface area contributed by atoms with Gasteiger partial charge in [0.1, 0.15) is 10.8 Å². The molecule has 0 fully saturated rings. The molecule has 0 bridgehead atoms. The first-order valence-corrected chi connectivity index (χ1v) is 3.73. The van der Waals surface area contributed by atoms with E-state index >= 15 is 0 Å². The molecule has 14 heavy (non-hydrogen) atoms. The quantitative estimate of drug-likeness (QED) is 0.740. The second-order valence-corrected chi connectivity index (χ2v) is 2.75. The zero-order valence-electron chi connectivity index (χ0n) is 6.60. The molecule has 0 aliphatic heterocycles. The summed E-state index contributed by atoms with van der Waals surface area (Å²) in [7, 11) is 0. The third kappa shape index (κ3) is 2.14. The number of rotatable bonds is 1. The summed E-state index contributed by atoms with van der Waals surface area (Å²) in [6.07, 6.45) is -4.58. The third-order valence-corrected chi connectivity index (χ3v) is 1.69. The number of aromatic nitrogens is 1. The predicted octanol–water partition coefficient (Wildman–Crippen LogP) is 1.85. The Labute approximate surface area is 81.7 Å². The molecule has 1 rings (SSSR count). The van der Waals surface area contributed by atoms with E-state index in [0.29, 0.717) is 6.07 Å². The van der Waals surface area contributed by atoms with E-state index in [-0.39, 0.29) is 5.69 Å². The Morgan fingerprint density at radius 2 is 2.00 bits per heavy atom. The molecule has 0 radical (unpaired) electrons. The Kier molecular flexibility index (Phi) is 2.66. The van der Waals surface area contributed by atoms with Gasteiger partial charge in [-0.15, -0.1) is 0 Å². The summed E-state index contributed by atoms with van der Waals surface area (Å²) < 4.78 is 36.4. The van der Waals surface area contributed by atoms with Gasteiger partial charge in [-0.3, -0.25) is 4.79 Å². The molecule has 76 valence electrons. The van der Waals surface area contributed by atoms with Crippen LogP contribution >= 0.6 is 11.6 Å². The van der Waals surface area contributed by atoms with Crippen molar-refractivity contribution in [1.82, 2.24) is 4.98 Å². The molecule has 0 saturated carbocycles. The number of carbonyl (C=O) groups is 1. The molecule has 7 heteroatoms. The van der Waals surface area contributed by atoms with Crippen molar-refractivity contribution in [2.75, 3.05) is 0 Å². The van der Waals surface area contributed by atoms with Gasteiger partial charge in [-0.1, -0.05) is 11.6 Å². The van der Waals surface area contributed by atoms with Crippen molar-refractivity contribution in [3.05, 3.63) is 28.5 Å². The van der Waals surface area contributed by atoms with Crippen LogP contribution < -0.4 is 5.73 Å². The van der Waals surface area contributed by atoms with Crippen LogP contribution in [0.15, 0.2) is 12.1 Å². The minimum atomic E-state index is -4.58. The predicted molar refractivity (Wildman–Crippen MR) is 42.8 cm³/mol. The van der Waals surface area contributed by atoms with E-state index in [1.807, 2.05) is 0 Å². The number of amides is 1. The molecule has 0 aliphatic carbocycles. The summed E-state index contributed by atoms with van der Waals surface area (Å²) in [5.74, 6) is -0.930. The van der Waals surface area contributed by atoms with Crippen molar-refractivity contribution in [1.29, 1.82) is 0 Å². The lowest BCUT2D eigenvalue weighted by Gasteiger charge is -2.07. The number of nitrogens with zero attached hydrogens (tertiary/aromatic N) is 1. The Morgan fingerprint density at radius 1 is 1.43 bits per heavy atom. The summed E-state index contributed by atoms with van der Waals surface area (Å²) >= 11 is 5.22. The fourth-order valence-corrected chi connectivity index (χ4v) is 1.04. The molecule has 0 spiro atoms. The van der Waals surface area contributed by atoms with E-state index in [0.717, 1.165) is 6.07 Å². The topological polar surface area (TPSA) is 56.0 Å². The number of nitrogens with two attached hydrogens (primary N) is 1. The maximum absolute atomic E-state index is 12.1. The normalized spacial score (nSPS) is 11.4. The molecule has 0 aromatic carbocycles. The van der Waals surface area contributed by atoms with Crippen LogP contribution in [0.3, 0.4) is 0 Å². The largest absolute Gasteiger partial charge is 0.419 e. The van der Waals surface area contributed by atoms with Gasteiger partial charge in [-0.05, 0) is 12.1 Å². The van der Waals surface area contributed by atoms with Crippen LogP contribution in [0.5, 0.6) is 0 Å². The molecule has 2 N–H and O–H groups in total. The molecular weight excluding hydrogens is 221 g/mol. The lowest BCUT2D eigenvalue weighted by atomic mass is 10.2. The fourth-order valence-electron chi connectivity index (χ4n) is 0.783. The maximum Gasteiger partial charge on any atom is 0.419 e. The zero-order valence-corrected chi connectivity index (χ0v) is 7.36. The number of hydrogen-bond donors (Lipinski definition) is 1. The molecule has 0 atom stereocenters. The first-order valence-electron chi connectivity index (χ1n) is 3.36. The van der Waals surface area contributed by atoms with Crippen molar-refractivity contribution in [3.8, 4) is 0 Å². The first kappa shape index (κ1) is 10.8. The Morgan fingerprint density at radius 3 is 2.36 bits per heavy atom. The van der Waals surface area contributed by atoms with Gasteiger partial charge in [0.15, 0.2) is 0 Å². The molecule has 0 saturated heterocycles. The van der Waals surface area contributed by atoms with E-state index in [1.54, 1.807) is 0 Å². The number of halogens is 4. The zero-order chi connectivity index (χ0) is 10.9. The van der Waals surface area contributed by atoms with E-state index in [1.165, 1.54) is 0 Å². The second-order valence-electron chi connectivity index (χ2n) is 2.40. The molecule has 0 unspecified atom stereocenters. The summed E-state index contributed by atoms with van der Waals surface area (Å²) in [5.41, 5.74) is 3.40. The number of pyridine rings is 1. The van der Waals surface area contributed by atoms with Crippen LogP contribution in [-0.4, -0.2) is 10.9 Å². The van der Waals surface area contributed by atoms with Gasteiger partial charge in [-0.25, -0.2) is 4.98 Å². The molecule has 1 aromatic heterocycles. The SMILES string of the molecule is NC(=O)c1ccc(C(F)(F)F)c(Cl)n1. The summed E-state index contributed by atoms with van der Waals surface area (Å²) in [4.78, 5) is 13.7. The van der Waals surface area contributed by atoms with Gasteiger partial charge < -0.3 is 5.73 Å². The molecular formula is C7H4ClF3N2O. The van der Waals surface area contributed by atoms with Crippen molar-refractivity contribution < 1.29 is 18.0 Å². The van der Waals surface area contributed by atoms with Crippen LogP contribution in [-0.2, 0) is 6.18 Å².